The lowest BCUT2D eigenvalue weighted by atomic mass is 9.83. The molecule has 0 atom stereocenters. The van der Waals surface area contributed by atoms with Gasteiger partial charge in [0.05, 0.1) is 12.8 Å². The maximum Gasteiger partial charge on any atom is 0.118 e. The topological polar surface area (TPSA) is 28.4 Å². The Bertz CT molecular complexity index is 360. The molecule has 3 heteroatoms. The van der Waals surface area contributed by atoms with Gasteiger partial charge in [-0.1, -0.05) is 20.8 Å². The van der Waals surface area contributed by atoms with E-state index in [0.717, 1.165) is 25.4 Å². The predicted octanol–water partition coefficient (Wildman–Crippen LogP) is 3.01. The number of nitrogens with one attached hydrogen (secondary N) is 1. The predicted molar refractivity (Wildman–Crippen MR) is 74.4 cm³/mol. The van der Waals surface area contributed by atoms with Crippen LogP contribution < -0.4 is 5.32 Å². The maximum absolute atomic E-state index is 5.63. The molecule has 102 valence electrons. The van der Waals surface area contributed by atoms with Crippen molar-refractivity contribution >= 4 is 0 Å². The van der Waals surface area contributed by atoms with Crippen LogP contribution in [0.1, 0.15) is 44.9 Å². The Kier molecular flexibility index (Phi) is 4.46. The molecule has 2 heterocycles. The first-order valence-corrected chi connectivity index (χ1v) is 7.08. The van der Waals surface area contributed by atoms with Gasteiger partial charge >= 0.3 is 0 Å². The summed E-state index contributed by atoms with van der Waals surface area (Å²) in [6.45, 7) is 12.1. The van der Waals surface area contributed by atoms with Crippen molar-refractivity contribution in [3.8, 4) is 0 Å². The highest BCUT2D eigenvalue weighted by Crippen LogP contribution is 2.30. The molecule has 1 aliphatic heterocycles. The van der Waals surface area contributed by atoms with E-state index in [4.69, 9.17) is 4.42 Å². The molecule has 3 nitrogen and oxygen atoms in total. The first-order chi connectivity index (χ1) is 8.59. The summed E-state index contributed by atoms with van der Waals surface area (Å²) >= 11 is 0. The Labute approximate surface area is 111 Å². The second kappa shape index (κ2) is 5.89. The highest BCUT2D eigenvalue weighted by molar-refractivity contribution is 5.12. The van der Waals surface area contributed by atoms with E-state index in [1.54, 1.807) is 0 Å². The van der Waals surface area contributed by atoms with Gasteiger partial charge in [-0.05, 0) is 44.0 Å². The van der Waals surface area contributed by atoms with Crippen LogP contribution in [0.4, 0.5) is 0 Å². The molecule has 1 aromatic rings. The Hall–Kier alpha value is -0.800. The van der Waals surface area contributed by atoms with Crippen molar-refractivity contribution in [3.63, 3.8) is 0 Å². The third kappa shape index (κ3) is 3.85. The summed E-state index contributed by atoms with van der Waals surface area (Å²) in [5, 5.41) is 3.32. The van der Waals surface area contributed by atoms with Gasteiger partial charge < -0.3 is 9.73 Å². The number of hydrogen-bond acceptors (Lipinski definition) is 3. The monoisotopic (exact) mass is 250 g/mol. The third-order valence-corrected chi connectivity index (χ3v) is 3.88. The fourth-order valence-electron chi connectivity index (χ4n) is 2.41. The summed E-state index contributed by atoms with van der Waals surface area (Å²) in [6, 6.07) is 2.18. The van der Waals surface area contributed by atoms with Gasteiger partial charge in [-0.3, -0.25) is 4.90 Å². The first kappa shape index (κ1) is 13.6. The van der Waals surface area contributed by atoms with E-state index >= 15 is 0 Å². The third-order valence-electron chi connectivity index (χ3n) is 3.88. The lowest BCUT2D eigenvalue weighted by molar-refractivity contribution is 0.120. The van der Waals surface area contributed by atoms with Gasteiger partial charge in [0, 0.05) is 12.1 Å². The van der Waals surface area contributed by atoms with Crippen molar-refractivity contribution in [2.24, 2.45) is 5.41 Å². The number of rotatable bonds is 5. The minimum Gasteiger partial charge on any atom is -0.468 e. The fourth-order valence-corrected chi connectivity index (χ4v) is 2.41. The minimum absolute atomic E-state index is 0.524. The van der Waals surface area contributed by atoms with Crippen LogP contribution in [-0.2, 0) is 13.1 Å². The van der Waals surface area contributed by atoms with Crippen LogP contribution in [-0.4, -0.2) is 24.5 Å². The van der Waals surface area contributed by atoms with E-state index in [9.17, 15) is 0 Å². The zero-order valence-electron chi connectivity index (χ0n) is 12.0. The van der Waals surface area contributed by atoms with Crippen LogP contribution >= 0.6 is 0 Å². The van der Waals surface area contributed by atoms with Crippen molar-refractivity contribution in [2.75, 3.05) is 19.6 Å². The average Bonchev–Trinajstić information content (AvgIpc) is 2.77. The van der Waals surface area contributed by atoms with Gasteiger partial charge in [0.15, 0.2) is 0 Å². The van der Waals surface area contributed by atoms with Crippen molar-refractivity contribution in [2.45, 2.75) is 46.7 Å². The van der Waals surface area contributed by atoms with Crippen molar-refractivity contribution < 1.29 is 4.42 Å². The Morgan fingerprint density at radius 1 is 1.33 bits per heavy atom. The summed E-state index contributed by atoms with van der Waals surface area (Å²) in [5.74, 6) is 1.10. The highest BCUT2D eigenvalue weighted by atomic mass is 16.3. The normalized spacial score (nSPS) is 20.2. The Morgan fingerprint density at radius 2 is 2.06 bits per heavy atom. The molecular weight excluding hydrogens is 224 g/mol. The first-order valence-electron chi connectivity index (χ1n) is 7.08. The molecule has 0 bridgehead atoms. The SMILES string of the molecule is CCNCc1coc(CN2CCC(C)(C)CC2)c1. The summed E-state index contributed by atoms with van der Waals surface area (Å²) in [6.07, 6.45) is 4.46. The van der Waals surface area contributed by atoms with Gasteiger partial charge in [-0.25, -0.2) is 0 Å². The smallest absolute Gasteiger partial charge is 0.118 e. The summed E-state index contributed by atoms with van der Waals surface area (Å²) in [4.78, 5) is 2.50. The zero-order chi connectivity index (χ0) is 13.0. The van der Waals surface area contributed by atoms with Crippen LogP contribution in [0.3, 0.4) is 0 Å². The molecule has 1 aromatic heterocycles. The maximum atomic E-state index is 5.63. The van der Waals surface area contributed by atoms with Crippen LogP contribution in [0, 0.1) is 5.41 Å². The summed E-state index contributed by atoms with van der Waals surface area (Å²) < 4.78 is 5.63. The molecular formula is C15H26N2O. The average molecular weight is 250 g/mol. The van der Waals surface area contributed by atoms with Crippen molar-refractivity contribution in [1.82, 2.24) is 10.2 Å². The molecule has 0 aromatic carbocycles. The van der Waals surface area contributed by atoms with Crippen molar-refractivity contribution in [1.29, 1.82) is 0 Å². The van der Waals surface area contributed by atoms with E-state index in [0.29, 0.717) is 5.41 Å². The van der Waals surface area contributed by atoms with E-state index in [1.165, 1.54) is 31.5 Å². The molecule has 1 saturated heterocycles. The zero-order valence-corrected chi connectivity index (χ0v) is 12.0. The van der Waals surface area contributed by atoms with Crippen LogP contribution in [0.25, 0.3) is 0 Å². The standard InChI is InChI=1S/C15H26N2O/c1-4-16-10-13-9-14(18-12-13)11-17-7-5-15(2,3)6-8-17/h9,12,16H,4-8,10-11H2,1-3H3. The molecule has 0 aliphatic carbocycles. The van der Waals surface area contributed by atoms with E-state index in [1.807, 2.05) is 6.26 Å². The number of furan rings is 1. The van der Waals surface area contributed by atoms with Crippen LogP contribution in [0.5, 0.6) is 0 Å². The van der Waals surface area contributed by atoms with Gasteiger partial charge in [-0.15, -0.1) is 0 Å². The molecule has 1 N–H and O–H groups in total. The molecule has 1 aliphatic rings. The Balaban J connectivity index is 1.81. The van der Waals surface area contributed by atoms with Gasteiger partial charge in [0.2, 0.25) is 0 Å². The number of nitrogens with zero attached hydrogens (tertiary/aromatic N) is 1. The molecule has 0 radical (unpaired) electrons. The van der Waals surface area contributed by atoms with Crippen molar-refractivity contribution in [3.05, 3.63) is 23.7 Å². The quantitative estimate of drug-likeness (QED) is 0.871. The second-order valence-corrected chi connectivity index (χ2v) is 6.14. The highest BCUT2D eigenvalue weighted by Gasteiger charge is 2.25. The molecule has 0 amide bonds. The van der Waals surface area contributed by atoms with Gasteiger partial charge in [0.1, 0.15) is 5.76 Å². The lowest BCUT2D eigenvalue weighted by Gasteiger charge is -2.36. The van der Waals surface area contributed by atoms with E-state index in [-0.39, 0.29) is 0 Å². The molecule has 0 saturated carbocycles. The molecule has 1 fully saturated rings. The van der Waals surface area contributed by atoms with Gasteiger partial charge in [-0.2, -0.15) is 0 Å². The molecule has 0 unspecified atom stereocenters. The molecule has 2 rings (SSSR count). The summed E-state index contributed by atoms with van der Waals surface area (Å²) in [7, 11) is 0. The van der Waals surface area contributed by atoms with E-state index < -0.39 is 0 Å². The molecule has 0 spiro atoms. The molecule has 18 heavy (non-hydrogen) atoms. The van der Waals surface area contributed by atoms with Crippen LogP contribution in [0.15, 0.2) is 16.7 Å². The second-order valence-electron chi connectivity index (χ2n) is 6.14. The fraction of sp³-hybridized carbons (Fsp3) is 0.733. The van der Waals surface area contributed by atoms with Crippen LogP contribution in [0.2, 0.25) is 0 Å². The number of hydrogen-bond donors (Lipinski definition) is 1. The van der Waals surface area contributed by atoms with Gasteiger partial charge in [0.25, 0.3) is 0 Å². The lowest BCUT2D eigenvalue weighted by Crippen LogP contribution is -2.36. The number of piperidine rings is 1. The minimum atomic E-state index is 0.524. The van der Waals surface area contributed by atoms with E-state index in [2.05, 4.69) is 37.1 Å². The summed E-state index contributed by atoms with van der Waals surface area (Å²) in [5.41, 5.74) is 1.78. The largest absolute Gasteiger partial charge is 0.468 e. The Morgan fingerprint density at radius 3 is 2.72 bits per heavy atom. The number of likely N-dealkylation sites (tertiary alicyclic amines) is 1.